The van der Waals surface area contributed by atoms with E-state index in [-0.39, 0.29) is 0 Å². The third-order valence-electron chi connectivity index (χ3n) is 4.26. The molecule has 0 aliphatic rings. The fraction of sp³-hybridized carbons (Fsp3) is 0.667. The molecule has 6 heteroatoms. The van der Waals surface area contributed by atoms with Crippen molar-refractivity contribution in [2.75, 3.05) is 33.4 Å². The number of aliphatic imine (C=N–C) groups is 1. The monoisotopic (exact) mass is 379 g/mol. The quantitative estimate of drug-likeness (QED) is 0.279. The number of hydrogen-bond donors (Lipinski definition) is 3. The summed E-state index contributed by atoms with van der Waals surface area (Å²) in [7, 11) is 1.66. The molecule has 6 nitrogen and oxygen atoms in total. The normalized spacial score (nSPS) is 12.1. The van der Waals surface area contributed by atoms with Gasteiger partial charge in [0.05, 0.1) is 18.8 Å². The van der Waals surface area contributed by atoms with E-state index in [9.17, 15) is 5.11 Å². The number of hydrogen-bond acceptors (Lipinski definition) is 4. The summed E-state index contributed by atoms with van der Waals surface area (Å²) in [5, 5.41) is 17.3. The van der Waals surface area contributed by atoms with Gasteiger partial charge in [0.2, 0.25) is 0 Å². The van der Waals surface area contributed by atoms with Crippen molar-refractivity contribution >= 4 is 5.96 Å². The minimum atomic E-state index is -0.680. The average molecular weight is 380 g/mol. The summed E-state index contributed by atoms with van der Waals surface area (Å²) in [6.07, 6.45) is 3.50. The maximum absolute atomic E-state index is 10.8. The van der Waals surface area contributed by atoms with Gasteiger partial charge in [-0.05, 0) is 37.5 Å². The molecule has 0 aliphatic carbocycles. The Morgan fingerprint density at radius 3 is 2.26 bits per heavy atom. The Morgan fingerprint density at radius 1 is 1.04 bits per heavy atom. The number of rotatable bonds is 13. The number of nitrogens with zero attached hydrogens (tertiary/aromatic N) is 1. The van der Waals surface area contributed by atoms with Gasteiger partial charge in [0.1, 0.15) is 12.4 Å². The van der Waals surface area contributed by atoms with Crippen LogP contribution >= 0.6 is 0 Å². The first-order valence-corrected chi connectivity index (χ1v) is 10.0. The Hall–Kier alpha value is -1.79. The van der Waals surface area contributed by atoms with Gasteiger partial charge in [-0.15, -0.1) is 0 Å². The van der Waals surface area contributed by atoms with Crippen molar-refractivity contribution in [2.24, 2.45) is 4.99 Å². The van der Waals surface area contributed by atoms with Gasteiger partial charge in [0, 0.05) is 20.2 Å². The summed E-state index contributed by atoms with van der Waals surface area (Å²) in [6, 6.07) is 7.92. The summed E-state index contributed by atoms with van der Waals surface area (Å²) < 4.78 is 10.6. The fourth-order valence-corrected chi connectivity index (χ4v) is 2.93. The van der Waals surface area contributed by atoms with E-state index in [1.807, 2.05) is 31.2 Å². The third-order valence-corrected chi connectivity index (χ3v) is 4.26. The van der Waals surface area contributed by atoms with Gasteiger partial charge in [0.15, 0.2) is 5.96 Å². The van der Waals surface area contributed by atoms with Crippen molar-refractivity contribution in [2.45, 2.75) is 58.6 Å². The predicted molar refractivity (Wildman–Crippen MR) is 111 cm³/mol. The molecule has 1 aromatic carbocycles. The molecule has 0 radical (unpaired) electrons. The lowest BCUT2D eigenvalue weighted by atomic mass is 9.93. The number of aliphatic hydroxyl groups is 1. The van der Waals surface area contributed by atoms with E-state index in [1.165, 1.54) is 0 Å². The molecule has 0 unspecified atom stereocenters. The molecule has 27 heavy (non-hydrogen) atoms. The molecule has 0 aromatic heterocycles. The summed E-state index contributed by atoms with van der Waals surface area (Å²) in [5.41, 5.74) is 0.421. The van der Waals surface area contributed by atoms with Gasteiger partial charge in [-0.2, -0.15) is 0 Å². The molecule has 154 valence electrons. The van der Waals surface area contributed by atoms with Crippen molar-refractivity contribution in [3.8, 4) is 5.75 Å². The average Bonchev–Trinajstić information content (AvgIpc) is 2.66. The van der Waals surface area contributed by atoms with Crippen LogP contribution in [0.25, 0.3) is 0 Å². The van der Waals surface area contributed by atoms with Crippen LogP contribution in [0.2, 0.25) is 0 Å². The van der Waals surface area contributed by atoms with E-state index < -0.39 is 5.60 Å². The van der Waals surface area contributed by atoms with Gasteiger partial charge < -0.3 is 25.2 Å². The van der Waals surface area contributed by atoms with Gasteiger partial charge in [-0.25, -0.2) is 4.99 Å². The van der Waals surface area contributed by atoms with Crippen LogP contribution in [-0.4, -0.2) is 50.1 Å². The zero-order chi connectivity index (χ0) is 20.0. The van der Waals surface area contributed by atoms with E-state index in [2.05, 4.69) is 29.5 Å². The topological polar surface area (TPSA) is 75.1 Å². The molecular weight excluding hydrogens is 342 g/mol. The number of benzene rings is 1. The highest BCUT2D eigenvalue weighted by Crippen LogP contribution is 2.18. The van der Waals surface area contributed by atoms with Gasteiger partial charge in [-0.1, -0.05) is 38.8 Å². The molecule has 0 fully saturated rings. The second-order valence-corrected chi connectivity index (χ2v) is 6.76. The standard InChI is InChI=1S/C21H37N3O3/c1-5-12-21(25,13-6-2)17-24-20(22-7-3)23-16-18-8-10-19(11-9-18)27-15-14-26-4/h8-11,25H,5-7,12-17H2,1-4H3,(H2,22,23,24). The number of methoxy groups -OCH3 is 1. The molecule has 1 rings (SSSR count). The van der Waals surface area contributed by atoms with Crippen molar-refractivity contribution in [3.63, 3.8) is 0 Å². The van der Waals surface area contributed by atoms with Crippen LogP contribution in [0.5, 0.6) is 5.75 Å². The number of nitrogens with one attached hydrogen (secondary N) is 2. The second kappa shape index (κ2) is 13.4. The Morgan fingerprint density at radius 2 is 1.70 bits per heavy atom. The highest BCUT2D eigenvalue weighted by molar-refractivity contribution is 5.79. The molecule has 3 N–H and O–H groups in total. The van der Waals surface area contributed by atoms with Crippen molar-refractivity contribution in [1.82, 2.24) is 10.6 Å². The fourth-order valence-electron chi connectivity index (χ4n) is 2.93. The van der Waals surface area contributed by atoms with Crippen LogP contribution in [-0.2, 0) is 11.3 Å². The zero-order valence-corrected chi connectivity index (χ0v) is 17.4. The Kier molecular flexibility index (Phi) is 11.5. The zero-order valence-electron chi connectivity index (χ0n) is 17.4. The maximum Gasteiger partial charge on any atom is 0.191 e. The van der Waals surface area contributed by atoms with Gasteiger partial charge >= 0.3 is 0 Å². The maximum atomic E-state index is 10.8. The van der Waals surface area contributed by atoms with E-state index >= 15 is 0 Å². The summed E-state index contributed by atoms with van der Waals surface area (Å²) in [5.74, 6) is 1.55. The molecule has 1 aromatic rings. The molecule has 0 saturated heterocycles. The van der Waals surface area contributed by atoms with Crippen molar-refractivity contribution in [3.05, 3.63) is 29.8 Å². The van der Waals surface area contributed by atoms with Crippen LogP contribution < -0.4 is 15.4 Å². The van der Waals surface area contributed by atoms with Crippen LogP contribution in [0, 0.1) is 0 Å². The third kappa shape index (κ3) is 9.63. The molecule has 0 spiro atoms. The minimum absolute atomic E-state index is 0.507. The smallest absolute Gasteiger partial charge is 0.191 e. The minimum Gasteiger partial charge on any atom is -0.491 e. The van der Waals surface area contributed by atoms with Gasteiger partial charge in [-0.3, -0.25) is 0 Å². The Bertz CT molecular complexity index is 526. The van der Waals surface area contributed by atoms with Crippen LogP contribution in [0.4, 0.5) is 0 Å². The molecule has 0 atom stereocenters. The van der Waals surface area contributed by atoms with Crippen LogP contribution in [0.1, 0.15) is 52.0 Å². The summed E-state index contributed by atoms with van der Waals surface area (Å²) in [6.45, 7) is 9.20. The van der Waals surface area contributed by atoms with E-state index in [4.69, 9.17) is 9.47 Å². The first-order valence-electron chi connectivity index (χ1n) is 10.0. The van der Waals surface area contributed by atoms with Crippen LogP contribution in [0.3, 0.4) is 0 Å². The first kappa shape index (κ1) is 23.2. The second-order valence-electron chi connectivity index (χ2n) is 6.76. The predicted octanol–water partition coefficient (Wildman–Crippen LogP) is 3.10. The molecule has 0 aliphatic heterocycles. The van der Waals surface area contributed by atoms with Gasteiger partial charge in [0.25, 0.3) is 0 Å². The molecule has 0 bridgehead atoms. The Balaban J connectivity index is 2.62. The summed E-state index contributed by atoms with van der Waals surface area (Å²) in [4.78, 5) is 4.63. The van der Waals surface area contributed by atoms with E-state index in [1.54, 1.807) is 7.11 Å². The molecule has 0 saturated carbocycles. The first-order chi connectivity index (χ1) is 13.1. The number of guanidine groups is 1. The highest BCUT2D eigenvalue weighted by Gasteiger charge is 2.24. The van der Waals surface area contributed by atoms with Crippen molar-refractivity contribution in [1.29, 1.82) is 0 Å². The van der Waals surface area contributed by atoms with E-state index in [0.717, 1.165) is 49.5 Å². The number of ether oxygens (including phenoxy) is 2. The lowest BCUT2D eigenvalue weighted by molar-refractivity contribution is 0.0257. The molecule has 0 amide bonds. The molecular formula is C21H37N3O3. The lowest BCUT2D eigenvalue weighted by Crippen LogP contribution is -2.47. The summed E-state index contributed by atoms with van der Waals surface area (Å²) >= 11 is 0. The van der Waals surface area contributed by atoms with Crippen molar-refractivity contribution < 1.29 is 14.6 Å². The Labute approximate surface area is 164 Å². The van der Waals surface area contributed by atoms with E-state index in [0.29, 0.717) is 26.3 Å². The van der Waals surface area contributed by atoms with Crippen LogP contribution in [0.15, 0.2) is 29.3 Å². The SMILES string of the molecule is CCCC(O)(CCC)CNC(=NCc1ccc(OCCOC)cc1)NCC. The largest absolute Gasteiger partial charge is 0.491 e. The highest BCUT2D eigenvalue weighted by atomic mass is 16.5. The molecule has 0 heterocycles. The lowest BCUT2D eigenvalue weighted by Gasteiger charge is -2.28.